The van der Waals surface area contributed by atoms with E-state index in [1.165, 1.54) is 55.6 Å². The summed E-state index contributed by atoms with van der Waals surface area (Å²) in [5.74, 6) is 0. The zero-order chi connectivity index (χ0) is 60.8. The molecule has 0 saturated carbocycles. The number of hydrogen-bond acceptors (Lipinski definition) is 4. The number of nitrogens with zero attached hydrogens (tertiary/aromatic N) is 3. The summed E-state index contributed by atoms with van der Waals surface area (Å²) < 4.78 is 0. The van der Waals surface area contributed by atoms with Crippen LogP contribution in [0.5, 0.6) is 0 Å². The van der Waals surface area contributed by atoms with E-state index in [9.17, 15) is 6.57 Å². The van der Waals surface area contributed by atoms with E-state index in [4.69, 9.17) is 4.85 Å². The van der Waals surface area contributed by atoms with Gasteiger partial charge in [0.1, 0.15) is 0 Å². The van der Waals surface area contributed by atoms with Crippen molar-refractivity contribution in [3.63, 3.8) is 0 Å². The summed E-state index contributed by atoms with van der Waals surface area (Å²) in [6.45, 7) is 36.5. The van der Waals surface area contributed by atoms with E-state index in [2.05, 4.69) is 316 Å². The van der Waals surface area contributed by atoms with Crippen LogP contribution < -0.4 is 9.80 Å². The smallest absolute Gasteiger partial charge is 0.215 e. The molecular formula is C83H71N3S2. The van der Waals surface area contributed by atoms with Gasteiger partial charge in [-0.2, -0.15) is 0 Å². The molecule has 2 aliphatic carbocycles. The molecule has 11 aromatic carbocycles. The molecule has 0 N–H and O–H groups in total. The first-order chi connectivity index (χ1) is 42.3. The molecule has 0 radical (unpaired) electrons. The highest BCUT2D eigenvalue weighted by molar-refractivity contribution is 8.00. The van der Waals surface area contributed by atoms with Crippen molar-refractivity contribution in [1.82, 2.24) is 0 Å². The van der Waals surface area contributed by atoms with Crippen molar-refractivity contribution in [1.29, 1.82) is 0 Å². The Hall–Kier alpha value is -8.79. The first kappa shape index (κ1) is 55.8. The number of fused-ring (bicyclic) bond motifs is 10. The second kappa shape index (κ2) is 20.1. The van der Waals surface area contributed by atoms with Crippen LogP contribution in [0.15, 0.2) is 250 Å². The van der Waals surface area contributed by atoms with E-state index in [0.717, 1.165) is 92.7 Å². The Bertz CT molecular complexity index is 4470. The van der Waals surface area contributed by atoms with Crippen LogP contribution in [0.1, 0.15) is 108 Å². The maximum absolute atomic E-state index is 9.94. The Morgan fingerprint density at radius 3 is 1.00 bits per heavy atom. The van der Waals surface area contributed by atoms with E-state index in [1.807, 2.05) is 23.5 Å². The summed E-state index contributed by atoms with van der Waals surface area (Å²) in [4.78, 5) is 14.7. The third kappa shape index (κ3) is 8.25. The van der Waals surface area contributed by atoms with Crippen LogP contribution in [0, 0.1) is 13.5 Å². The summed E-state index contributed by atoms with van der Waals surface area (Å²) in [5.41, 5.74) is 25.6. The predicted molar refractivity (Wildman–Crippen MR) is 373 cm³/mol. The normalized spacial score (nSPS) is 15.3. The minimum absolute atomic E-state index is 0.114. The number of anilines is 6. The molecule has 0 bridgehead atoms. The molecule has 0 aromatic heterocycles. The molecular weight excluding hydrogens is 1100 g/mol. The molecule has 0 unspecified atom stereocenters. The largest absolute Gasteiger partial charge is 0.316 e. The molecule has 15 rings (SSSR count). The van der Waals surface area contributed by atoms with Crippen molar-refractivity contribution in [3.8, 4) is 55.6 Å². The highest BCUT2D eigenvalue weighted by Gasteiger charge is 2.69. The van der Waals surface area contributed by atoms with Crippen molar-refractivity contribution in [2.24, 2.45) is 0 Å². The summed E-state index contributed by atoms with van der Waals surface area (Å²) in [6.07, 6.45) is 0. The molecule has 430 valence electrons. The average molecular weight is 1170 g/mol. The Morgan fingerprint density at radius 1 is 0.364 bits per heavy atom. The van der Waals surface area contributed by atoms with Crippen molar-refractivity contribution in [2.75, 3.05) is 9.80 Å². The first-order valence-electron chi connectivity index (χ1n) is 30.9. The quantitative estimate of drug-likeness (QED) is 0.154. The standard InChI is InChI=1S/C83H71N3S2/c1-51-74-75(82(10,11)83(81(74,8)9)64-49-60(79(2,3)4)37-39-62(64)63-40-38-61(50-65(63)83)80(5,6)7)77(85-66-41-33-56(52-25-17-13-18-26-52)45-70(66)87-71-46-57(34-42-67(71)85)53-27-19-14-20-28-53)78(76(51)84-12)86-68-43-35-58(54-29-21-15-22-30-54)47-72(68)88-73-48-59(36-44-69(73)86)55-31-23-16-24-32-55/h13-50H,1-11H3. The maximum atomic E-state index is 9.94. The van der Waals surface area contributed by atoms with Gasteiger partial charge in [-0.25, -0.2) is 4.85 Å². The van der Waals surface area contributed by atoms with E-state index >= 15 is 0 Å². The van der Waals surface area contributed by atoms with Gasteiger partial charge >= 0.3 is 0 Å². The van der Waals surface area contributed by atoms with Crippen LogP contribution in [0.25, 0.3) is 60.5 Å². The highest BCUT2D eigenvalue weighted by atomic mass is 32.2. The Labute approximate surface area is 529 Å². The molecule has 1 spiro atoms. The SMILES string of the molecule is [C-]#[N+]c1c(C)c2c(c(N3c4ccc(-c5ccccc5)cc4Sc4cc(-c5ccccc5)ccc43)c1N1c3ccc(-c4ccccc4)cc3Sc3cc(-c4ccccc4)ccc31)C(C)(C)C1(c3cc(C(C)(C)C)ccc3-c3ccc(C(C)(C)C)cc31)C2(C)C. The molecule has 0 fully saturated rings. The van der Waals surface area contributed by atoms with Crippen LogP contribution in [-0.2, 0) is 27.1 Å². The van der Waals surface area contributed by atoms with Gasteiger partial charge in [-0.3, -0.25) is 0 Å². The van der Waals surface area contributed by atoms with Gasteiger partial charge in [0.2, 0.25) is 5.69 Å². The molecule has 0 atom stereocenters. The highest BCUT2D eigenvalue weighted by Crippen LogP contribution is 2.76. The van der Waals surface area contributed by atoms with Gasteiger partial charge in [-0.05, 0) is 161 Å². The van der Waals surface area contributed by atoms with E-state index < -0.39 is 16.2 Å². The lowest BCUT2D eigenvalue weighted by Gasteiger charge is -2.50. The fourth-order valence-electron chi connectivity index (χ4n) is 15.9. The average Bonchev–Trinajstić information content (AvgIpc) is 1.47. The van der Waals surface area contributed by atoms with Crippen LogP contribution >= 0.6 is 23.5 Å². The van der Waals surface area contributed by atoms with Crippen molar-refractivity contribution in [3.05, 3.63) is 281 Å². The van der Waals surface area contributed by atoms with Gasteiger partial charge in [0.05, 0.1) is 40.7 Å². The number of hydrogen-bond donors (Lipinski definition) is 0. The van der Waals surface area contributed by atoms with Gasteiger partial charge in [0, 0.05) is 35.8 Å². The van der Waals surface area contributed by atoms with Crippen LogP contribution in [0.4, 0.5) is 39.8 Å². The van der Waals surface area contributed by atoms with Crippen LogP contribution in [-0.4, -0.2) is 0 Å². The van der Waals surface area contributed by atoms with Gasteiger partial charge in [0.25, 0.3) is 0 Å². The molecule has 5 heteroatoms. The lowest BCUT2D eigenvalue weighted by molar-refractivity contribution is 0.231. The minimum atomic E-state index is -0.641. The Morgan fingerprint density at radius 2 is 0.682 bits per heavy atom. The summed E-state index contributed by atoms with van der Waals surface area (Å²) >= 11 is 3.68. The summed E-state index contributed by atoms with van der Waals surface area (Å²) in [5, 5.41) is 0. The Balaban J connectivity index is 1.11. The second-order valence-electron chi connectivity index (χ2n) is 27.6. The third-order valence-electron chi connectivity index (χ3n) is 19.9. The minimum Gasteiger partial charge on any atom is -0.316 e. The van der Waals surface area contributed by atoms with Crippen molar-refractivity contribution >= 4 is 63.3 Å². The molecule has 88 heavy (non-hydrogen) atoms. The predicted octanol–water partition coefficient (Wildman–Crippen LogP) is 24.2. The molecule has 2 aliphatic heterocycles. The summed E-state index contributed by atoms with van der Waals surface area (Å²) in [7, 11) is 0. The second-order valence-corrected chi connectivity index (χ2v) is 29.8. The third-order valence-corrected chi connectivity index (χ3v) is 22.1. The van der Waals surface area contributed by atoms with Gasteiger partial charge in [-0.15, -0.1) is 0 Å². The molecule has 0 saturated heterocycles. The fraction of sp³-hybridized carbons (Fsp3) is 0.193. The number of benzene rings is 11. The van der Waals surface area contributed by atoms with Crippen molar-refractivity contribution < 1.29 is 0 Å². The molecule has 4 aliphatic rings. The maximum Gasteiger partial charge on any atom is 0.215 e. The van der Waals surface area contributed by atoms with Gasteiger partial charge in [0.15, 0.2) is 0 Å². The fourth-order valence-corrected chi connectivity index (χ4v) is 18.2. The topological polar surface area (TPSA) is 10.8 Å². The number of rotatable bonds is 6. The lowest BCUT2D eigenvalue weighted by Crippen LogP contribution is -2.51. The van der Waals surface area contributed by atoms with Gasteiger partial charge < -0.3 is 9.80 Å². The van der Waals surface area contributed by atoms with E-state index in [1.54, 1.807) is 0 Å². The first-order valence-corrected chi connectivity index (χ1v) is 32.6. The van der Waals surface area contributed by atoms with E-state index in [0.29, 0.717) is 5.69 Å². The van der Waals surface area contributed by atoms with Gasteiger partial charge in [-0.1, -0.05) is 275 Å². The van der Waals surface area contributed by atoms with Crippen LogP contribution in [0.2, 0.25) is 0 Å². The van der Waals surface area contributed by atoms with Crippen molar-refractivity contribution in [2.45, 2.75) is 123 Å². The summed E-state index contributed by atoms with van der Waals surface area (Å²) in [6, 6.07) is 86.1. The monoisotopic (exact) mass is 1170 g/mol. The Kier molecular flexibility index (Phi) is 12.8. The zero-order valence-electron chi connectivity index (χ0n) is 52.1. The van der Waals surface area contributed by atoms with E-state index in [-0.39, 0.29) is 10.8 Å². The lowest BCUT2D eigenvalue weighted by atomic mass is 9.52. The molecule has 3 nitrogen and oxygen atoms in total. The molecule has 0 amide bonds. The zero-order valence-corrected chi connectivity index (χ0v) is 53.7. The molecule has 2 heterocycles. The molecule has 11 aromatic rings. The van der Waals surface area contributed by atoms with Crippen LogP contribution in [0.3, 0.4) is 0 Å².